The Kier molecular flexibility index (Phi) is 4.03. The Balaban J connectivity index is 1.41. The first kappa shape index (κ1) is 14.7. The summed E-state index contributed by atoms with van der Waals surface area (Å²) >= 11 is 1.63. The van der Waals surface area contributed by atoms with Crippen LogP contribution in [-0.2, 0) is 6.54 Å². The van der Waals surface area contributed by atoms with E-state index in [1.165, 1.54) is 12.8 Å². The highest BCUT2D eigenvalue weighted by Crippen LogP contribution is 2.35. The maximum Gasteiger partial charge on any atom is 0.318 e. The number of nitrogens with one attached hydrogen (secondary N) is 1. The van der Waals surface area contributed by atoms with Crippen LogP contribution in [0.2, 0.25) is 0 Å². The van der Waals surface area contributed by atoms with Gasteiger partial charge in [0.2, 0.25) is 0 Å². The average Bonchev–Trinajstić information content (AvgIpc) is 3.10. The fraction of sp³-hybridized carbons (Fsp3) is 0.562. The number of carbonyl (C=O) groups is 1. The third kappa shape index (κ3) is 3.10. The topological polar surface area (TPSA) is 63.1 Å². The number of aromatic nitrogens is 3. The van der Waals surface area contributed by atoms with Crippen molar-refractivity contribution in [3.05, 3.63) is 34.8 Å². The summed E-state index contributed by atoms with van der Waals surface area (Å²) in [6.07, 6.45) is 11.2. The molecule has 122 valence electrons. The first-order valence-electron chi connectivity index (χ1n) is 8.27. The van der Waals surface area contributed by atoms with Crippen molar-refractivity contribution in [2.45, 2.75) is 50.7 Å². The lowest BCUT2D eigenvalue weighted by molar-refractivity contribution is 0.151. The summed E-state index contributed by atoms with van der Waals surface area (Å²) in [5, 5.41) is 6.10. The van der Waals surface area contributed by atoms with E-state index < -0.39 is 0 Å². The van der Waals surface area contributed by atoms with Gasteiger partial charge in [-0.15, -0.1) is 11.3 Å². The number of nitrogens with zero attached hydrogens (tertiary/aromatic N) is 4. The van der Waals surface area contributed by atoms with Gasteiger partial charge in [-0.1, -0.05) is 0 Å². The van der Waals surface area contributed by atoms with Gasteiger partial charge in [0.25, 0.3) is 0 Å². The molecule has 1 N–H and O–H groups in total. The molecule has 7 heteroatoms. The minimum absolute atomic E-state index is 0.00782. The zero-order valence-corrected chi connectivity index (χ0v) is 13.8. The van der Waals surface area contributed by atoms with Gasteiger partial charge < -0.3 is 14.8 Å². The van der Waals surface area contributed by atoms with Gasteiger partial charge in [0.15, 0.2) is 0 Å². The molecule has 1 saturated carbocycles. The minimum atomic E-state index is 0.00782. The molecule has 2 aromatic heterocycles. The maximum absolute atomic E-state index is 12.7. The first-order valence-corrected chi connectivity index (χ1v) is 9.15. The summed E-state index contributed by atoms with van der Waals surface area (Å²) in [6, 6.07) is 0.716. The zero-order valence-electron chi connectivity index (χ0n) is 13.0. The van der Waals surface area contributed by atoms with Crippen molar-refractivity contribution in [1.82, 2.24) is 24.8 Å². The summed E-state index contributed by atoms with van der Waals surface area (Å²) in [5.74, 6) is 0. The lowest BCUT2D eigenvalue weighted by Crippen LogP contribution is -2.44. The van der Waals surface area contributed by atoms with Crippen LogP contribution in [0.15, 0.2) is 24.1 Å². The van der Waals surface area contributed by atoms with Gasteiger partial charge in [0.05, 0.1) is 24.6 Å². The Bertz CT molecular complexity index is 664. The van der Waals surface area contributed by atoms with E-state index in [9.17, 15) is 4.79 Å². The second kappa shape index (κ2) is 6.31. The number of carbonyl (C=O) groups excluding carboxylic acids is 1. The molecule has 0 spiro atoms. The average molecular weight is 331 g/mol. The third-order valence-corrected chi connectivity index (χ3v) is 5.48. The molecule has 23 heavy (non-hydrogen) atoms. The molecule has 2 aromatic rings. The van der Waals surface area contributed by atoms with Crippen LogP contribution in [0.4, 0.5) is 4.79 Å². The van der Waals surface area contributed by atoms with Crippen LogP contribution >= 0.6 is 11.3 Å². The van der Waals surface area contributed by atoms with Gasteiger partial charge in [0.1, 0.15) is 5.01 Å². The predicted molar refractivity (Wildman–Crippen MR) is 88.1 cm³/mol. The summed E-state index contributed by atoms with van der Waals surface area (Å²) < 4.78 is 2.19. The number of amides is 2. The number of imidazole rings is 1. The van der Waals surface area contributed by atoms with Crippen LogP contribution in [0.3, 0.4) is 0 Å². The quantitative estimate of drug-likeness (QED) is 0.936. The van der Waals surface area contributed by atoms with E-state index in [4.69, 9.17) is 0 Å². The summed E-state index contributed by atoms with van der Waals surface area (Å²) in [5.41, 5.74) is 1.09. The SMILES string of the molecule is O=C(NCc1cncn1C1CC1)N1CCCCC1c1nccs1. The Labute approximate surface area is 139 Å². The molecule has 2 fully saturated rings. The van der Waals surface area contributed by atoms with E-state index in [1.807, 2.05) is 29.0 Å². The monoisotopic (exact) mass is 331 g/mol. The number of thiazole rings is 1. The molecule has 2 aliphatic rings. The Morgan fingerprint density at radius 3 is 3.04 bits per heavy atom. The van der Waals surface area contributed by atoms with Crippen LogP contribution in [-0.4, -0.2) is 32.0 Å². The van der Waals surface area contributed by atoms with Crippen LogP contribution in [0, 0.1) is 0 Å². The third-order valence-electron chi connectivity index (χ3n) is 4.61. The molecule has 4 rings (SSSR count). The number of urea groups is 1. The van der Waals surface area contributed by atoms with E-state index in [2.05, 4.69) is 19.9 Å². The molecule has 2 amide bonds. The van der Waals surface area contributed by atoms with E-state index in [0.717, 1.165) is 36.5 Å². The molecule has 0 aromatic carbocycles. The fourth-order valence-electron chi connectivity index (χ4n) is 3.25. The minimum Gasteiger partial charge on any atom is -0.332 e. The molecule has 1 unspecified atom stereocenters. The first-order chi connectivity index (χ1) is 11.3. The Morgan fingerprint density at radius 2 is 2.26 bits per heavy atom. The highest BCUT2D eigenvalue weighted by Gasteiger charge is 2.30. The van der Waals surface area contributed by atoms with Gasteiger partial charge in [0, 0.05) is 30.4 Å². The standard InChI is InChI=1S/C16H21N5OS/c22-16(19-10-13-9-17-11-21(13)12-4-5-12)20-7-2-1-3-14(20)15-18-6-8-23-15/h6,8-9,11-12,14H,1-5,7,10H2,(H,19,22). The van der Waals surface area contributed by atoms with Crippen molar-refractivity contribution in [3.8, 4) is 0 Å². The van der Waals surface area contributed by atoms with Gasteiger partial charge in [-0.3, -0.25) is 0 Å². The number of rotatable bonds is 4. The van der Waals surface area contributed by atoms with Gasteiger partial charge >= 0.3 is 6.03 Å². The summed E-state index contributed by atoms with van der Waals surface area (Å²) in [6.45, 7) is 1.34. The van der Waals surface area contributed by atoms with Crippen molar-refractivity contribution in [3.63, 3.8) is 0 Å². The predicted octanol–water partition coefficient (Wildman–Crippen LogP) is 3.11. The number of hydrogen-bond donors (Lipinski definition) is 1. The van der Waals surface area contributed by atoms with Crippen molar-refractivity contribution in [2.24, 2.45) is 0 Å². The highest BCUT2D eigenvalue weighted by molar-refractivity contribution is 7.09. The second-order valence-electron chi connectivity index (χ2n) is 6.26. The molecular formula is C16H21N5OS. The molecular weight excluding hydrogens is 310 g/mol. The highest BCUT2D eigenvalue weighted by atomic mass is 32.1. The maximum atomic E-state index is 12.7. The largest absolute Gasteiger partial charge is 0.332 e. The molecule has 0 bridgehead atoms. The van der Waals surface area contributed by atoms with Crippen molar-refractivity contribution in [2.75, 3.05) is 6.54 Å². The van der Waals surface area contributed by atoms with E-state index >= 15 is 0 Å². The summed E-state index contributed by atoms with van der Waals surface area (Å²) in [7, 11) is 0. The molecule has 1 aliphatic heterocycles. The smallest absolute Gasteiger partial charge is 0.318 e. The van der Waals surface area contributed by atoms with E-state index in [-0.39, 0.29) is 12.1 Å². The lowest BCUT2D eigenvalue weighted by atomic mass is 10.0. The zero-order chi connectivity index (χ0) is 15.6. The van der Waals surface area contributed by atoms with Crippen molar-refractivity contribution >= 4 is 17.4 Å². The van der Waals surface area contributed by atoms with E-state index in [1.54, 1.807) is 11.3 Å². The number of likely N-dealkylation sites (tertiary alicyclic amines) is 1. The Hall–Kier alpha value is -1.89. The second-order valence-corrected chi connectivity index (χ2v) is 7.18. The van der Waals surface area contributed by atoms with Gasteiger partial charge in [-0.25, -0.2) is 14.8 Å². The van der Waals surface area contributed by atoms with Gasteiger partial charge in [-0.05, 0) is 32.1 Å². The number of piperidine rings is 1. The van der Waals surface area contributed by atoms with Crippen molar-refractivity contribution < 1.29 is 4.79 Å². The van der Waals surface area contributed by atoms with E-state index in [0.29, 0.717) is 12.6 Å². The molecule has 3 heterocycles. The van der Waals surface area contributed by atoms with Crippen LogP contribution in [0.5, 0.6) is 0 Å². The van der Waals surface area contributed by atoms with Crippen LogP contribution in [0.25, 0.3) is 0 Å². The van der Waals surface area contributed by atoms with Crippen LogP contribution < -0.4 is 5.32 Å². The Morgan fingerprint density at radius 1 is 1.35 bits per heavy atom. The fourth-order valence-corrected chi connectivity index (χ4v) is 4.03. The molecule has 1 saturated heterocycles. The van der Waals surface area contributed by atoms with Crippen LogP contribution in [0.1, 0.15) is 54.9 Å². The van der Waals surface area contributed by atoms with Gasteiger partial charge in [-0.2, -0.15) is 0 Å². The molecule has 0 radical (unpaired) electrons. The van der Waals surface area contributed by atoms with Crippen molar-refractivity contribution in [1.29, 1.82) is 0 Å². The lowest BCUT2D eigenvalue weighted by Gasteiger charge is -2.34. The normalized spacial score (nSPS) is 21.4. The molecule has 1 aliphatic carbocycles. The molecule has 6 nitrogen and oxygen atoms in total. The summed E-state index contributed by atoms with van der Waals surface area (Å²) in [4.78, 5) is 23.2. The molecule has 1 atom stereocenters. The number of hydrogen-bond acceptors (Lipinski definition) is 4.